The Morgan fingerprint density at radius 1 is 0.515 bits per heavy atom. The van der Waals surface area contributed by atoms with Crippen LogP contribution in [0.2, 0.25) is 0 Å². The molecule has 32 nitrogen and oxygen atoms in total. The Labute approximate surface area is 572 Å². The average Bonchev–Trinajstić information content (AvgIpc) is 1.67. The lowest BCUT2D eigenvalue weighted by Crippen LogP contribution is -2.60. The average molecular weight is 1370 g/mol. The number of rotatable bonds is 33. The molecule has 1 unspecified atom stereocenters. The normalized spacial score (nSPS) is 18.8. The number of nitrogens with two attached hydrogens (primary N) is 4. The van der Waals surface area contributed by atoms with Gasteiger partial charge in [-0.3, -0.25) is 57.9 Å². The zero-order chi connectivity index (χ0) is 71.5. The highest BCUT2D eigenvalue weighted by Crippen LogP contribution is 2.27. The number of aliphatic carboxylic acids is 2. The standard InChI is InChI=1S/C67H89N17O15/c68-66(69)73-30-8-18-45(77-58(91)48(79-56(89)44-17-7-29-72-44)37-43-25-23-40(24-26-43)27-28-55(87)88)62(95)84-34-12-22-53(84)64(97)83-33-10-20-51(83)60(93)75-38-54(86)76-47(35-41-13-3-1-4-14-41)57(90)81-50(39-85)63(96)82-32-11-21-52(82)61(94)80-49(36-42-15-5-2-6-16-42)59(92)78-46(65(98)99)19-9-31-74-67(70)71/h1-6,13-16,23-26,44-53,72,85H,7-12,17-22,29-39H2,(H,75,93)(H,76,86)(H,77,91)(H,78,92)(H,79,89)(H,80,94)(H,81,90)(H,87,88)(H,98,99)(H4,68,69,73)(H4,70,71,74)/t44-,45-,46-,47-,48?,49-,50-,51+,52+,53+/m0/s1. The molecule has 4 fully saturated rings. The molecule has 0 saturated carbocycles. The summed E-state index contributed by atoms with van der Waals surface area (Å²) in [7, 11) is 0. The number of nitrogens with zero attached hydrogens (tertiary/aromatic N) is 5. The summed E-state index contributed by atoms with van der Waals surface area (Å²) >= 11 is 0. The molecular weight excluding hydrogens is 1280 g/mol. The maximum Gasteiger partial charge on any atom is 0.382 e. The van der Waals surface area contributed by atoms with E-state index in [4.69, 9.17) is 28.0 Å². The number of likely N-dealkylation sites (tertiary alicyclic amines) is 3. The van der Waals surface area contributed by atoms with E-state index in [1.54, 1.807) is 84.9 Å². The highest BCUT2D eigenvalue weighted by Gasteiger charge is 2.45. The molecule has 7 rings (SSSR count). The number of guanidine groups is 2. The Balaban J connectivity index is 0.988. The monoisotopic (exact) mass is 1370 g/mol. The van der Waals surface area contributed by atoms with Crippen LogP contribution >= 0.6 is 0 Å². The fourth-order valence-corrected chi connectivity index (χ4v) is 12.4. The maximum absolute atomic E-state index is 14.8. The third kappa shape index (κ3) is 23.0. The number of carbonyl (C=O) groups is 12. The molecule has 3 aromatic carbocycles. The van der Waals surface area contributed by atoms with Gasteiger partial charge in [-0.2, -0.15) is 0 Å². The molecule has 19 N–H and O–H groups in total. The topological polar surface area (TPSA) is 500 Å². The minimum Gasteiger partial charge on any atom is -0.480 e. The molecule has 32 heteroatoms. The largest absolute Gasteiger partial charge is 0.480 e. The SMILES string of the molecule is NC(N)=NCCC[C@H](NC(=O)[C@H](Cc1ccccc1)NC(=O)[C@H]1CCCN1C(=O)[C@H](CO)NC(=O)[C@H](Cc1ccccc1)NC(=O)CNC(=O)[C@H]1CCCN1C(=O)[C@H]1CCCN1C(=O)[C@H](CCCN=C(N)N)NC(=O)C(Cc1ccc(C#CC(=O)O)cc1)NC(=O)[C@@H]1CCCN1)C(=O)O. The van der Waals surface area contributed by atoms with E-state index in [1.807, 2.05) is 5.92 Å². The van der Waals surface area contributed by atoms with Crippen molar-refractivity contribution >= 4 is 82.9 Å². The number of carboxylic acid groups (broad SMARTS) is 2. The summed E-state index contributed by atoms with van der Waals surface area (Å²) in [5.41, 5.74) is 24.2. The molecule has 4 aliphatic heterocycles. The molecule has 0 bridgehead atoms. The molecule has 0 aliphatic carbocycles. The molecule has 0 spiro atoms. The number of aliphatic hydroxyl groups excluding tert-OH is 1. The number of amides is 10. The van der Waals surface area contributed by atoms with E-state index >= 15 is 0 Å². The van der Waals surface area contributed by atoms with E-state index in [2.05, 4.69) is 58.4 Å². The summed E-state index contributed by atoms with van der Waals surface area (Å²) in [6.07, 6.45) is 3.08. The van der Waals surface area contributed by atoms with Gasteiger partial charge in [-0.05, 0) is 112 Å². The third-order valence-electron chi connectivity index (χ3n) is 17.4. The molecule has 4 aliphatic rings. The van der Waals surface area contributed by atoms with E-state index in [9.17, 15) is 67.7 Å². The van der Waals surface area contributed by atoms with E-state index in [0.717, 1.165) is 6.42 Å². The highest BCUT2D eigenvalue weighted by molar-refractivity contribution is 5.99. The molecule has 532 valence electrons. The van der Waals surface area contributed by atoms with Gasteiger partial charge in [-0.15, -0.1) is 0 Å². The summed E-state index contributed by atoms with van der Waals surface area (Å²) in [5, 5.41) is 51.3. The Morgan fingerprint density at radius 3 is 1.49 bits per heavy atom. The molecule has 0 aromatic heterocycles. The van der Waals surface area contributed by atoms with Gasteiger partial charge in [-0.25, -0.2) is 9.59 Å². The van der Waals surface area contributed by atoms with Crippen molar-refractivity contribution in [3.05, 3.63) is 107 Å². The fraction of sp³-hybridized carbons (Fsp3) is 0.493. The van der Waals surface area contributed by atoms with E-state index in [-0.39, 0.29) is 109 Å². The van der Waals surface area contributed by atoms with Crippen LogP contribution in [0.15, 0.2) is 94.9 Å². The molecule has 3 aromatic rings. The van der Waals surface area contributed by atoms with Gasteiger partial charge in [-0.1, -0.05) is 78.7 Å². The molecule has 99 heavy (non-hydrogen) atoms. The second-order valence-electron chi connectivity index (χ2n) is 24.6. The fourth-order valence-electron chi connectivity index (χ4n) is 12.4. The molecule has 10 amide bonds. The van der Waals surface area contributed by atoms with Gasteiger partial charge >= 0.3 is 11.9 Å². The maximum atomic E-state index is 14.8. The van der Waals surface area contributed by atoms with Crippen LogP contribution < -0.4 is 65.5 Å². The van der Waals surface area contributed by atoms with Crippen LogP contribution in [0, 0.1) is 11.8 Å². The Morgan fingerprint density at radius 2 is 0.980 bits per heavy atom. The Kier molecular flexibility index (Phi) is 28.8. The summed E-state index contributed by atoms with van der Waals surface area (Å²) < 4.78 is 0. The predicted octanol–water partition coefficient (Wildman–Crippen LogP) is -3.92. The zero-order valence-electron chi connectivity index (χ0n) is 54.9. The Bertz CT molecular complexity index is 3480. The van der Waals surface area contributed by atoms with Crippen molar-refractivity contribution in [2.45, 2.75) is 157 Å². The minimum atomic E-state index is -1.64. The molecule has 0 radical (unpaired) electrons. The highest BCUT2D eigenvalue weighted by atomic mass is 16.4. The first-order valence-electron chi connectivity index (χ1n) is 33.1. The zero-order valence-corrected chi connectivity index (χ0v) is 54.9. The third-order valence-corrected chi connectivity index (χ3v) is 17.4. The quantitative estimate of drug-likeness (QED) is 0.0120. The first-order valence-corrected chi connectivity index (χ1v) is 33.1. The van der Waals surface area contributed by atoms with Gasteiger partial charge in [0.05, 0.1) is 19.2 Å². The van der Waals surface area contributed by atoms with Crippen LogP contribution in [0.4, 0.5) is 0 Å². The molecule has 4 saturated heterocycles. The second-order valence-corrected chi connectivity index (χ2v) is 24.6. The lowest BCUT2D eigenvalue weighted by atomic mass is 10.0. The number of aliphatic imine (C=N–C) groups is 2. The van der Waals surface area contributed by atoms with Crippen molar-refractivity contribution < 1.29 is 72.9 Å². The van der Waals surface area contributed by atoms with Crippen molar-refractivity contribution in [1.82, 2.24) is 57.2 Å². The number of hydrogen-bond donors (Lipinski definition) is 15. The van der Waals surface area contributed by atoms with Crippen molar-refractivity contribution in [1.29, 1.82) is 0 Å². The van der Waals surface area contributed by atoms with Crippen LogP contribution in [-0.2, 0) is 76.8 Å². The van der Waals surface area contributed by atoms with Gasteiger partial charge in [0.2, 0.25) is 59.1 Å². The van der Waals surface area contributed by atoms with Crippen LogP contribution in [-0.4, -0.2) is 226 Å². The number of benzene rings is 3. The summed E-state index contributed by atoms with van der Waals surface area (Å²) in [6.45, 7) is -0.562. The number of aliphatic hydroxyl groups is 1. The van der Waals surface area contributed by atoms with Gasteiger partial charge in [0.25, 0.3) is 0 Å². The molecular formula is C67H89N17O15. The number of carbonyl (C=O) groups excluding carboxylic acids is 10. The van der Waals surface area contributed by atoms with E-state index in [1.165, 1.54) is 14.7 Å². The lowest BCUT2D eigenvalue weighted by molar-refractivity contribution is -0.148. The molecule has 4 heterocycles. The van der Waals surface area contributed by atoms with Gasteiger partial charge in [0.15, 0.2) is 11.9 Å². The first kappa shape index (κ1) is 75.7. The van der Waals surface area contributed by atoms with Crippen LogP contribution in [0.1, 0.15) is 99.3 Å². The van der Waals surface area contributed by atoms with Crippen LogP contribution in [0.5, 0.6) is 0 Å². The smallest absolute Gasteiger partial charge is 0.382 e. The van der Waals surface area contributed by atoms with Crippen molar-refractivity contribution in [2.75, 3.05) is 52.4 Å². The van der Waals surface area contributed by atoms with Crippen LogP contribution in [0.25, 0.3) is 0 Å². The second kappa shape index (κ2) is 37.7. The van der Waals surface area contributed by atoms with Crippen LogP contribution in [0.3, 0.4) is 0 Å². The number of nitrogens with one attached hydrogen (secondary N) is 8. The summed E-state index contributed by atoms with van der Waals surface area (Å²) in [6, 6.07) is 11.5. The summed E-state index contributed by atoms with van der Waals surface area (Å²) in [4.78, 5) is 177. The van der Waals surface area contributed by atoms with Gasteiger partial charge < -0.3 is 95.5 Å². The first-order chi connectivity index (χ1) is 47.5. The predicted molar refractivity (Wildman–Crippen MR) is 359 cm³/mol. The lowest BCUT2D eigenvalue weighted by Gasteiger charge is -2.33. The summed E-state index contributed by atoms with van der Waals surface area (Å²) in [5.74, 6) is -5.60. The minimum absolute atomic E-state index is 0.0125. The van der Waals surface area contributed by atoms with Gasteiger partial charge in [0, 0.05) is 63.5 Å². The van der Waals surface area contributed by atoms with E-state index < -0.39 is 145 Å². The van der Waals surface area contributed by atoms with Gasteiger partial charge in [0.1, 0.15) is 54.4 Å². The van der Waals surface area contributed by atoms with Crippen molar-refractivity contribution in [3.8, 4) is 11.8 Å². The Hall–Kier alpha value is -10.7. The number of hydrogen-bond acceptors (Lipinski definition) is 16. The number of carboxylic acids is 2. The molecule has 10 atom stereocenters. The van der Waals surface area contributed by atoms with E-state index in [0.29, 0.717) is 54.5 Å². The van der Waals surface area contributed by atoms with Crippen molar-refractivity contribution in [2.24, 2.45) is 32.9 Å². The van der Waals surface area contributed by atoms with Crippen molar-refractivity contribution in [3.63, 3.8) is 0 Å².